The van der Waals surface area contributed by atoms with Crippen molar-refractivity contribution >= 4 is 46.8 Å². The zero-order valence-corrected chi connectivity index (χ0v) is 17.8. The van der Waals surface area contributed by atoms with Crippen molar-refractivity contribution in [3.05, 3.63) is 59.1 Å². The van der Waals surface area contributed by atoms with Gasteiger partial charge in [0, 0.05) is 28.8 Å². The lowest BCUT2D eigenvalue weighted by atomic mass is 10.0. The lowest BCUT2D eigenvalue weighted by Crippen LogP contribution is -2.49. The van der Waals surface area contributed by atoms with E-state index in [4.69, 9.17) is 11.6 Å². The zero-order chi connectivity index (χ0) is 21.1. The predicted molar refractivity (Wildman–Crippen MR) is 118 cm³/mol. The Morgan fingerprint density at radius 1 is 1.17 bits per heavy atom. The smallest absolute Gasteiger partial charge is 0.243 e. The van der Waals surface area contributed by atoms with Crippen LogP contribution in [0.25, 0.3) is 0 Å². The van der Waals surface area contributed by atoms with E-state index in [1.807, 2.05) is 36.4 Å². The SMILES string of the molecule is O=C(CC1Sc2ccc(Cl)cc2NC1=O)NC(Cc1ccccc1)C(=O)NC1CC1. The first-order valence-electron chi connectivity index (χ1n) is 9.88. The van der Waals surface area contributed by atoms with Gasteiger partial charge in [0.25, 0.3) is 0 Å². The third-order valence-electron chi connectivity index (χ3n) is 4.99. The third kappa shape index (κ3) is 5.34. The molecule has 8 heteroatoms. The molecule has 3 amide bonds. The predicted octanol–water partition coefficient (Wildman–Crippen LogP) is 3.15. The summed E-state index contributed by atoms with van der Waals surface area (Å²) in [5.41, 5.74) is 1.62. The molecule has 0 radical (unpaired) electrons. The maximum atomic E-state index is 12.7. The van der Waals surface area contributed by atoms with Crippen molar-refractivity contribution in [2.75, 3.05) is 5.32 Å². The number of hydrogen-bond donors (Lipinski definition) is 3. The van der Waals surface area contributed by atoms with E-state index in [1.54, 1.807) is 12.1 Å². The van der Waals surface area contributed by atoms with Gasteiger partial charge in [-0.2, -0.15) is 0 Å². The van der Waals surface area contributed by atoms with Gasteiger partial charge in [-0.15, -0.1) is 11.8 Å². The van der Waals surface area contributed by atoms with Gasteiger partial charge in [0.05, 0.1) is 10.9 Å². The van der Waals surface area contributed by atoms with Gasteiger partial charge in [-0.3, -0.25) is 14.4 Å². The van der Waals surface area contributed by atoms with E-state index in [9.17, 15) is 14.4 Å². The molecule has 0 bridgehead atoms. The average Bonchev–Trinajstić information content (AvgIpc) is 3.53. The molecule has 30 heavy (non-hydrogen) atoms. The lowest BCUT2D eigenvalue weighted by molar-refractivity contribution is -0.129. The van der Waals surface area contributed by atoms with Gasteiger partial charge < -0.3 is 16.0 Å². The maximum Gasteiger partial charge on any atom is 0.243 e. The molecule has 2 aromatic rings. The zero-order valence-electron chi connectivity index (χ0n) is 16.2. The molecule has 6 nitrogen and oxygen atoms in total. The van der Waals surface area contributed by atoms with Crippen LogP contribution in [0.3, 0.4) is 0 Å². The highest BCUT2D eigenvalue weighted by Crippen LogP contribution is 2.38. The van der Waals surface area contributed by atoms with Crippen molar-refractivity contribution < 1.29 is 14.4 Å². The number of carbonyl (C=O) groups is 3. The number of carbonyl (C=O) groups excluding carboxylic acids is 3. The van der Waals surface area contributed by atoms with Gasteiger partial charge in [0.2, 0.25) is 17.7 Å². The van der Waals surface area contributed by atoms with E-state index in [0.717, 1.165) is 23.3 Å². The number of rotatable bonds is 7. The molecular weight excluding hydrogens is 422 g/mol. The Balaban J connectivity index is 1.41. The highest BCUT2D eigenvalue weighted by molar-refractivity contribution is 8.01. The van der Waals surface area contributed by atoms with Crippen molar-refractivity contribution in [1.82, 2.24) is 10.6 Å². The second-order valence-corrected chi connectivity index (χ2v) is 9.21. The summed E-state index contributed by atoms with van der Waals surface area (Å²) in [5.74, 6) is -0.755. The second-order valence-electron chi connectivity index (χ2n) is 7.53. The topological polar surface area (TPSA) is 87.3 Å². The molecule has 0 spiro atoms. The van der Waals surface area contributed by atoms with Gasteiger partial charge in [-0.1, -0.05) is 41.9 Å². The minimum atomic E-state index is -0.678. The Bertz CT molecular complexity index is 965. The first kappa shape index (κ1) is 20.8. The minimum Gasteiger partial charge on any atom is -0.352 e. The molecule has 2 aliphatic rings. The minimum absolute atomic E-state index is 0.0133. The van der Waals surface area contributed by atoms with Crippen LogP contribution in [0.5, 0.6) is 0 Å². The van der Waals surface area contributed by atoms with Crippen molar-refractivity contribution in [3.8, 4) is 0 Å². The first-order chi connectivity index (χ1) is 14.5. The van der Waals surface area contributed by atoms with Crippen LogP contribution in [0.1, 0.15) is 24.8 Å². The Hall–Kier alpha value is -2.51. The molecule has 1 saturated carbocycles. The van der Waals surface area contributed by atoms with Crippen LogP contribution in [0, 0.1) is 0 Å². The number of amides is 3. The largest absolute Gasteiger partial charge is 0.352 e. The Labute approximate surface area is 184 Å². The molecular formula is C22H22ClN3O3S. The summed E-state index contributed by atoms with van der Waals surface area (Å²) in [6.45, 7) is 0. The van der Waals surface area contributed by atoms with Crippen LogP contribution in [0.2, 0.25) is 5.02 Å². The first-order valence-corrected chi connectivity index (χ1v) is 11.1. The average molecular weight is 444 g/mol. The molecule has 1 aliphatic heterocycles. The van der Waals surface area contributed by atoms with Crippen LogP contribution in [-0.4, -0.2) is 35.1 Å². The number of thioether (sulfide) groups is 1. The van der Waals surface area contributed by atoms with Crippen molar-refractivity contribution in [1.29, 1.82) is 0 Å². The number of hydrogen-bond acceptors (Lipinski definition) is 4. The summed E-state index contributed by atoms with van der Waals surface area (Å²) in [6, 6.07) is 14.4. The molecule has 2 atom stereocenters. The van der Waals surface area contributed by atoms with Crippen molar-refractivity contribution in [2.45, 2.75) is 47.9 Å². The molecule has 0 aromatic heterocycles. The van der Waals surface area contributed by atoms with Gasteiger partial charge in [0.1, 0.15) is 6.04 Å². The maximum absolute atomic E-state index is 12.7. The normalized spacial score (nSPS) is 18.7. The fourth-order valence-electron chi connectivity index (χ4n) is 3.27. The van der Waals surface area contributed by atoms with E-state index >= 15 is 0 Å². The Morgan fingerprint density at radius 3 is 2.67 bits per heavy atom. The van der Waals surface area contributed by atoms with Gasteiger partial charge in [-0.05, 0) is 36.6 Å². The third-order valence-corrected chi connectivity index (χ3v) is 6.50. The monoisotopic (exact) mass is 443 g/mol. The van der Waals surface area contributed by atoms with Gasteiger partial charge >= 0.3 is 0 Å². The van der Waals surface area contributed by atoms with Gasteiger partial charge in [0.15, 0.2) is 0 Å². The van der Waals surface area contributed by atoms with E-state index in [2.05, 4.69) is 16.0 Å². The lowest BCUT2D eigenvalue weighted by Gasteiger charge is -2.25. The van der Waals surface area contributed by atoms with Crippen LogP contribution in [0.4, 0.5) is 5.69 Å². The van der Waals surface area contributed by atoms with E-state index < -0.39 is 11.3 Å². The van der Waals surface area contributed by atoms with Crippen LogP contribution < -0.4 is 16.0 Å². The number of anilines is 1. The van der Waals surface area contributed by atoms with Crippen LogP contribution >= 0.6 is 23.4 Å². The van der Waals surface area contributed by atoms with E-state index in [0.29, 0.717) is 17.1 Å². The molecule has 1 heterocycles. The quantitative estimate of drug-likeness (QED) is 0.613. The second kappa shape index (κ2) is 9.10. The molecule has 0 saturated heterocycles. The molecule has 2 unspecified atom stereocenters. The number of halogens is 1. The van der Waals surface area contributed by atoms with Gasteiger partial charge in [-0.25, -0.2) is 0 Å². The molecule has 2 aromatic carbocycles. The van der Waals surface area contributed by atoms with Crippen LogP contribution in [-0.2, 0) is 20.8 Å². The Morgan fingerprint density at radius 2 is 1.93 bits per heavy atom. The van der Waals surface area contributed by atoms with Crippen molar-refractivity contribution in [3.63, 3.8) is 0 Å². The fourth-order valence-corrected chi connectivity index (χ4v) is 4.53. The highest BCUT2D eigenvalue weighted by Gasteiger charge is 2.32. The fraction of sp³-hybridized carbons (Fsp3) is 0.318. The molecule has 4 rings (SSSR count). The molecule has 156 valence electrons. The summed E-state index contributed by atoms with van der Waals surface area (Å²) >= 11 is 7.31. The Kier molecular flexibility index (Phi) is 6.29. The summed E-state index contributed by atoms with van der Waals surface area (Å²) in [6.07, 6.45) is 2.33. The summed E-state index contributed by atoms with van der Waals surface area (Å²) in [7, 11) is 0. The van der Waals surface area contributed by atoms with E-state index in [1.165, 1.54) is 11.8 Å². The number of benzene rings is 2. The van der Waals surface area contributed by atoms with Crippen LogP contribution in [0.15, 0.2) is 53.4 Å². The molecule has 1 aliphatic carbocycles. The summed E-state index contributed by atoms with van der Waals surface area (Å²) in [5, 5.41) is 8.57. The highest BCUT2D eigenvalue weighted by atomic mass is 35.5. The van der Waals surface area contributed by atoms with E-state index in [-0.39, 0.29) is 30.2 Å². The standard InChI is InChI=1S/C22H22ClN3O3S/c23-14-6-9-18-16(11-14)26-22(29)19(30-18)12-20(27)25-17(21(28)24-15-7-8-15)10-13-4-2-1-3-5-13/h1-6,9,11,15,17,19H,7-8,10,12H2,(H,24,28)(H,25,27)(H,26,29). The molecule has 1 fully saturated rings. The summed E-state index contributed by atoms with van der Waals surface area (Å²) < 4.78 is 0. The number of fused-ring (bicyclic) bond motifs is 1. The number of nitrogens with one attached hydrogen (secondary N) is 3. The molecule has 3 N–H and O–H groups in total. The van der Waals surface area contributed by atoms with Crippen molar-refractivity contribution in [2.24, 2.45) is 0 Å². The summed E-state index contributed by atoms with van der Waals surface area (Å²) in [4.78, 5) is 38.7.